The van der Waals surface area contributed by atoms with Crippen molar-refractivity contribution in [1.82, 2.24) is 4.72 Å². The fraction of sp³-hybridized carbons (Fsp3) is 0.909. The minimum Gasteiger partial charge on any atom is -0.480 e. The lowest BCUT2D eigenvalue weighted by Crippen LogP contribution is -2.47. The van der Waals surface area contributed by atoms with E-state index in [0.717, 1.165) is 0 Å². The van der Waals surface area contributed by atoms with Crippen LogP contribution in [0.5, 0.6) is 0 Å². The Morgan fingerprint density at radius 3 is 2.61 bits per heavy atom. The molecule has 1 saturated heterocycles. The molecular formula is C11H21NO5S. The van der Waals surface area contributed by atoms with Crippen molar-refractivity contribution in [3.63, 3.8) is 0 Å². The Morgan fingerprint density at radius 2 is 2.17 bits per heavy atom. The van der Waals surface area contributed by atoms with Crippen molar-refractivity contribution >= 4 is 16.0 Å². The Hall–Kier alpha value is -0.660. The van der Waals surface area contributed by atoms with Gasteiger partial charge in [-0.05, 0) is 25.2 Å². The number of ether oxygens (including phenoxy) is 1. The second kappa shape index (κ2) is 6.49. The average molecular weight is 279 g/mol. The van der Waals surface area contributed by atoms with E-state index in [0.29, 0.717) is 19.4 Å². The summed E-state index contributed by atoms with van der Waals surface area (Å²) in [6.45, 7) is 4.42. The summed E-state index contributed by atoms with van der Waals surface area (Å²) < 4.78 is 31.5. The molecule has 18 heavy (non-hydrogen) atoms. The van der Waals surface area contributed by atoms with Crippen LogP contribution in [0.1, 0.15) is 33.1 Å². The molecule has 1 unspecified atom stereocenters. The third kappa shape index (κ3) is 4.55. The molecule has 106 valence electrons. The van der Waals surface area contributed by atoms with Gasteiger partial charge in [0.05, 0.1) is 11.9 Å². The second-order valence-electron chi connectivity index (χ2n) is 5.02. The molecule has 7 heteroatoms. The van der Waals surface area contributed by atoms with Crippen LogP contribution in [0.4, 0.5) is 0 Å². The number of sulfonamides is 1. The third-order valence-corrected chi connectivity index (χ3v) is 4.73. The fourth-order valence-corrected chi connectivity index (χ4v) is 3.46. The lowest BCUT2D eigenvalue weighted by molar-refractivity contribution is -0.139. The van der Waals surface area contributed by atoms with Crippen LogP contribution in [0.3, 0.4) is 0 Å². The molecule has 6 nitrogen and oxygen atoms in total. The van der Waals surface area contributed by atoms with Crippen LogP contribution in [0.2, 0.25) is 0 Å². The SMILES string of the molecule is CC(C)C[C@@H](NS(=O)(=O)C1CCCOC1)C(=O)O. The molecule has 1 heterocycles. The molecule has 0 aliphatic carbocycles. The first-order chi connectivity index (χ1) is 8.33. The zero-order valence-corrected chi connectivity index (χ0v) is 11.6. The van der Waals surface area contributed by atoms with Gasteiger partial charge in [-0.3, -0.25) is 4.79 Å². The molecule has 1 aliphatic heterocycles. The Morgan fingerprint density at radius 1 is 1.50 bits per heavy atom. The zero-order valence-electron chi connectivity index (χ0n) is 10.8. The smallest absolute Gasteiger partial charge is 0.321 e. The van der Waals surface area contributed by atoms with Gasteiger partial charge in [0, 0.05) is 6.61 Å². The van der Waals surface area contributed by atoms with Gasteiger partial charge in [0.15, 0.2) is 0 Å². The highest BCUT2D eigenvalue weighted by atomic mass is 32.2. The highest BCUT2D eigenvalue weighted by Gasteiger charge is 2.32. The topological polar surface area (TPSA) is 92.7 Å². The Labute approximate surface area is 108 Å². The largest absolute Gasteiger partial charge is 0.480 e. The monoisotopic (exact) mass is 279 g/mol. The number of carbonyl (C=O) groups is 1. The predicted octanol–water partition coefficient (Wildman–Crippen LogP) is 0.584. The first-order valence-electron chi connectivity index (χ1n) is 6.14. The van der Waals surface area contributed by atoms with E-state index in [-0.39, 0.29) is 18.9 Å². The molecule has 1 fully saturated rings. The minimum atomic E-state index is -3.63. The number of nitrogens with one attached hydrogen (secondary N) is 1. The minimum absolute atomic E-state index is 0.108. The summed E-state index contributed by atoms with van der Waals surface area (Å²) in [4.78, 5) is 11.0. The van der Waals surface area contributed by atoms with Crippen molar-refractivity contribution in [1.29, 1.82) is 0 Å². The van der Waals surface area contributed by atoms with Crippen molar-refractivity contribution in [3.05, 3.63) is 0 Å². The first kappa shape index (κ1) is 15.4. The Balaban J connectivity index is 2.68. The van der Waals surface area contributed by atoms with Gasteiger partial charge in [0.25, 0.3) is 0 Å². The molecule has 0 spiro atoms. The van der Waals surface area contributed by atoms with E-state index in [9.17, 15) is 13.2 Å². The summed E-state index contributed by atoms with van der Waals surface area (Å²) in [7, 11) is -3.63. The summed E-state index contributed by atoms with van der Waals surface area (Å²) in [6.07, 6.45) is 1.49. The maximum absolute atomic E-state index is 12.0. The van der Waals surface area contributed by atoms with Crippen LogP contribution in [-0.4, -0.2) is 44.0 Å². The van der Waals surface area contributed by atoms with Crippen LogP contribution in [0, 0.1) is 5.92 Å². The number of carboxylic acid groups (broad SMARTS) is 1. The van der Waals surface area contributed by atoms with Gasteiger partial charge in [-0.1, -0.05) is 13.8 Å². The molecule has 2 N–H and O–H groups in total. The van der Waals surface area contributed by atoms with Crippen molar-refractivity contribution in [2.45, 2.75) is 44.4 Å². The summed E-state index contributed by atoms with van der Waals surface area (Å²) >= 11 is 0. The lowest BCUT2D eigenvalue weighted by Gasteiger charge is -2.25. The fourth-order valence-electron chi connectivity index (χ4n) is 1.92. The van der Waals surface area contributed by atoms with E-state index < -0.39 is 27.3 Å². The van der Waals surface area contributed by atoms with Crippen LogP contribution >= 0.6 is 0 Å². The zero-order chi connectivity index (χ0) is 13.8. The molecule has 0 radical (unpaired) electrons. The Bertz CT molecular complexity index is 373. The number of aliphatic carboxylic acids is 1. The van der Waals surface area contributed by atoms with Crippen molar-refractivity contribution in [3.8, 4) is 0 Å². The van der Waals surface area contributed by atoms with Crippen molar-refractivity contribution in [2.24, 2.45) is 5.92 Å². The van der Waals surface area contributed by atoms with Crippen LogP contribution < -0.4 is 4.72 Å². The second-order valence-corrected chi connectivity index (χ2v) is 7.01. The van der Waals surface area contributed by atoms with E-state index in [1.807, 2.05) is 13.8 Å². The first-order valence-corrected chi connectivity index (χ1v) is 7.69. The van der Waals surface area contributed by atoms with Gasteiger partial charge in [0.1, 0.15) is 6.04 Å². The predicted molar refractivity (Wildman–Crippen MR) is 66.8 cm³/mol. The number of hydrogen-bond donors (Lipinski definition) is 2. The number of carboxylic acids is 1. The standard InChI is InChI=1S/C11H21NO5S/c1-8(2)6-10(11(13)14)12-18(15,16)9-4-3-5-17-7-9/h8-10,12H,3-7H2,1-2H3,(H,13,14)/t9?,10-/m1/s1. The van der Waals surface area contributed by atoms with E-state index in [1.165, 1.54) is 0 Å². The normalized spacial score (nSPS) is 22.9. The highest BCUT2D eigenvalue weighted by Crippen LogP contribution is 2.15. The molecule has 0 aromatic carbocycles. The molecule has 2 atom stereocenters. The Kier molecular flexibility index (Phi) is 5.55. The third-order valence-electron chi connectivity index (χ3n) is 2.87. The quantitative estimate of drug-likeness (QED) is 0.742. The molecule has 0 saturated carbocycles. The molecule has 0 aromatic rings. The lowest BCUT2D eigenvalue weighted by atomic mass is 10.1. The summed E-state index contributed by atoms with van der Waals surface area (Å²) in [5, 5.41) is 8.39. The summed E-state index contributed by atoms with van der Waals surface area (Å²) in [6, 6.07) is -1.06. The van der Waals surface area contributed by atoms with Gasteiger partial charge in [0.2, 0.25) is 10.0 Å². The van der Waals surface area contributed by atoms with E-state index >= 15 is 0 Å². The van der Waals surface area contributed by atoms with Gasteiger partial charge in [-0.25, -0.2) is 13.1 Å². The molecular weight excluding hydrogens is 258 g/mol. The molecule has 0 aromatic heterocycles. The van der Waals surface area contributed by atoms with Gasteiger partial charge in [-0.15, -0.1) is 0 Å². The highest BCUT2D eigenvalue weighted by molar-refractivity contribution is 7.90. The van der Waals surface area contributed by atoms with Gasteiger partial charge >= 0.3 is 5.97 Å². The number of hydrogen-bond acceptors (Lipinski definition) is 4. The average Bonchev–Trinajstić information content (AvgIpc) is 2.28. The summed E-state index contributed by atoms with van der Waals surface area (Å²) in [5.41, 5.74) is 0. The van der Waals surface area contributed by atoms with Crippen LogP contribution in [0.25, 0.3) is 0 Å². The molecule has 1 rings (SSSR count). The van der Waals surface area contributed by atoms with Gasteiger partial charge < -0.3 is 9.84 Å². The molecule has 0 amide bonds. The maximum Gasteiger partial charge on any atom is 0.321 e. The number of rotatable bonds is 6. The van der Waals surface area contributed by atoms with Crippen molar-refractivity contribution in [2.75, 3.05) is 13.2 Å². The van der Waals surface area contributed by atoms with Crippen LogP contribution in [-0.2, 0) is 19.6 Å². The summed E-state index contributed by atoms with van der Waals surface area (Å²) in [5.74, 6) is -1.03. The van der Waals surface area contributed by atoms with E-state index in [2.05, 4.69) is 4.72 Å². The van der Waals surface area contributed by atoms with Crippen molar-refractivity contribution < 1.29 is 23.1 Å². The van der Waals surface area contributed by atoms with Gasteiger partial charge in [-0.2, -0.15) is 0 Å². The molecule has 0 bridgehead atoms. The van der Waals surface area contributed by atoms with Crippen LogP contribution in [0.15, 0.2) is 0 Å². The molecule has 1 aliphatic rings. The van der Waals surface area contributed by atoms with E-state index in [1.54, 1.807) is 0 Å². The maximum atomic E-state index is 12.0. The van der Waals surface area contributed by atoms with E-state index in [4.69, 9.17) is 9.84 Å².